The Balaban J connectivity index is 1.11. The van der Waals surface area contributed by atoms with Gasteiger partial charge in [-0.05, 0) is 75.9 Å². The Kier molecular flexibility index (Phi) is 6.80. The van der Waals surface area contributed by atoms with E-state index in [1.54, 1.807) is 7.11 Å². The summed E-state index contributed by atoms with van der Waals surface area (Å²) in [4.78, 5) is 24.6. The van der Waals surface area contributed by atoms with Crippen molar-refractivity contribution in [2.45, 2.75) is 51.0 Å². The molecule has 8 nitrogen and oxygen atoms in total. The van der Waals surface area contributed by atoms with Crippen LogP contribution >= 0.6 is 0 Å². The molecule has 4 heterocycles. The summed E-state index contributed by atoms with van der Waals surface area (Å²) in [5, 5.41) is 4.14. The van der Waals surface area contributed by atoms with E-state index in [2.05, 4.69) is 24.8 Å². The number of methoxy groups -OCH3 is 1. The van der Waals surface area contributed by atoms with Crippen molar-refractivity contribution in [3.63, 3.8) is 0 Å². The summed E-state index contributed by atoms with van der Waals surface area (Å²) in [5.41, 5.74) is 0.892. The molecule has 0 bridgehead atoms. The number of anilines is 1. The Labute approximate surface area is 195 Å². The zero-order valence-electron chi connectivity index (χ0n) is 19.6. The van der Waals surface area contributed by atoms with E-state index in [0.717, 1.165) is 63.2 Å². The Bertz CT molecular complexity index is 908. The number of nitrogens with zero attached hydrogens (tertiary/aromatic N) is 5. The Morgan fingerprint density at radius 3 is 2.30 bits per heavy atom. The number of amides is 1. The quantitative estimate of drug-likeness (QED) is 0.686. The number of hydrogen-bond acceptors (Lipinski definition) is 7. The maximum atomic E-state index is 13.2. The first-order chi connectivity index (χ1) is 16.2. The number of hydrogen-bond donors (Lipinski definition) is 0. The number of ether oxygens (including phenoxy) is 1. The molecule has 0 N–H and O–H groups in total. The molecule has 0 aliphatic carbocycles. The molecule has 8 heteroatoms. The van der Waals surface area contributed by atoms with Gasteiger partial charge >= 0.3 is 6.01 Å². The lowest BCUT2D eigenvalue weighted by Crippen LogP contribution is -2.50. The molecule has 3 aliphatic rings. The molecule has 0 atom stereocenters. The van der Waals surface area contributed by atoms with Gasteiger partial charge in [-0.25, -0.2) is 0 Å². The monoisotopic (exact) mass is 453 g/mol. The van der Waals surface area contributed by atoms with Crippen molar-refractivity contribution in [3.05, 3.63) is 24.3 Å². The molecule has 3 fully saturated rings. The molecule has 0 unspecified atom stereocenters. The largest absolute Gasteiger partial charge is 0.497 e. The highest BCUT2D eigenvalue weighted by Crippen LogP contribution is 2.28. The van der Waals surface area contributed by atoms with Crippen LogP contribution in [-0.4, -0.2) is 78.3 Å². The van der Waals surface area contributed by atoms with Gasteiger partial charge in [-0.15, -0.1) is 0 Å². The number of aromatic nitrogens is 2. The molecule has 1 aromatic heterocycles. The van der Waals surface area contributed by atoms with Crippen LogP contribution in [0.3, 0.4) is 0 Å². The summed E-state index contributed by atoms with van der Waals surface area (Å²) < 4.78 is 10.7. The van der Waals surface area contributed by atoms with Crippen LogP contribution in [0, 0.1) is 5.92 Å². The fraction of sp³-hybridized carbons (Fsp3) is 0.640. The van der Waals surface area contributed by atoms with Crippen LogP contribution in [-0.2, 0) is 4.79 Å². The minimum atomic E-state index is 0.108. The maximum Gasteiger partial charge on any atom is 0.324 e. The Morgan fingerprint density at radius 2 is 1.64 bits per heavy atom. The van der Waals surface area contributed by atoms with Gasteiger partial charge in [0.25, 0.3) is 0 Å². The number of piperidine rings is 3. The summed E-state index contributed by atoms with van der Waals surface area (Å²) in [7, 11) is 1.65. The van der Waals surface area contributed by atoms with Gasteiger partial charge in [0.15, 0.2) is 0 Å². The van der Waals surface area contributed by atoms with Gasteiger partial charge < -0.3 is 24.0 Å². The lowest BCUT2D eigenvalue weighted by Gasteiger charge is -2.41. The lowest BCUT2D eigenvalue weighted by molar-refractivity contribution is -0.137. The SMILES string of the molecule is COc1ccc(-c2noc(N3CCC(C(=O)N4CCC(N5CCCCC5)CC4)CC3)n2)cc1. The van der Waals surface area contributed by atoms with Gasteiger partial charge in [0.2, 0.25) is 11.7 Å². The fourth-order valence-electron chi connectivity index (χ4n) is 5.51. The van der Waals surface area contributed by atoms with Crippen molar-refractivity contribution in [2.75, 3.05) is 51.3 Å². The third-order valence-electron chi connectivity index (χ3n) is 7.56. The molecular formula is C25H35N5O3. The number of likely N-dealkylation sites (tertiary alicyclic amines) is 2. The van der Waals surface area contributed by atoms with E-state index in [-0.39, 0.29) is 5.92 Å². The van der Waals surface area contributed by atoms with Crippen molar-refractivity contribution in [2.24, 2.45) is 5.92 Å². The number of rotatable bonds is 5. The second kappa shape index (κ2) is 10.1. The van der Waals surface area contributed by atoms with Gasteiger partial charge in [-0.1, -0.05) is 11.6 Å². The average Bonchev–Trinajstić information content (AvgIpc) is 3.39. The standard InChI is InChI=1S/C25H35N5O3/c1-32-22-7-5-19(6-8-22)23-26-25(33-27-23)30-15-9-20(10-16-30)24(31)29-17-11-21(12-18-29)28-13-3-2-4-14-28/h5-8,20-21H,2-4,9-18H2,1H3. The van der Waals surface area contributed by atoms with Crippen LogP contribution in [0.1, 0.15) is 44.9 Å². The van der Waals surface area contributed by atoms with Gasteiger partial charge in [0.1, 0.15) is 5.75 Å². The Hall–Kier alpha value is -2.61. The first-order valence-electron chi connectivity index (χ1n) is 12.5. The molecule has 33 heavy (non-hydrogen) atoms. The molecule has 178 valence electrons. The van der Waals surface area contributed by atoms with Crippen LogP contribution in [0.5, 0.6) is 5.75 Å². The summed E-state index contributed by atoms with van der Waals surface area (Å²) >= 11 is 0. The Morgan fingerprint density at radius 1 is 0.939 bits per heavy atom. The van der Waals surface area contributed by atoms with Gasteiger partial charge in [-0.2, -0.15) is 4.98 Å². The summed E-state index contributed by atoms with van der Waals surface area (Å²) in [6.45, 7) is 5.85. The maximum absolute atomic E-state index is 13.2. The minimum absolute atomic E-state index is 0.108. The smallest absolute Gasteiger partial charge is 0.324 e. The number of benzene rings is 1. The molecule has 5 rings (SSSR count). The molecule has 1 amide bonds. The molecule has 1 aromatic carbocycles. The van der Waals surface area contributed by atoms with Crippen LogP contribution in [0.25, 0.3) is 11.4 Å². The van der Waals surface area contributed by atoms with Crippen LogP contribution < -0.4 is 9.64 Å². The van der Waals surface area contributed by atoms with E-state index < -0.39 is 0 Å². The molecular weight excluding hydrogens is 418 g/mol. The first-order valence-corrected chi connectivity index (χ1v) is 12.5. The first kappa shape index (κ1) is 22.2. The average molecular weight is 454 g/mol. The van der Waals surface area contributed by atoms with E-state index in [1.807, 2.05) is 24.3 Å². The van der Waals surface area contributed by atoms with Gasteiger partial charge in [0.05, 0.1) is 7.11 Å². The highest BCUT2D eigenvalue weighted by atomic mass is 16.5. The second-order valence-electron chi connectivity index (χ2n) is 9.54. The topological polar surface area (TPSA) is 74.9 Å². The minimum Gasteiger partial charge on any atom is -0.497 e. The van der Waals surface area contributed by atoms with E-state index in [0.29, 0.717) is 23.8 Å². The predicted molar refractivity (Wildman–Crippen MR) is 126 cm³/mol. The molecule has 2 aromatic rings. The highest BCUT2D eigenvalue weighted by Gasteiger charge is 2.33. The third kappa shape index (κ3) is 5.00. The van der Waals surface area contributed by atoms with Crippen LogP contribution in [0.15, 0.2) is 28.8 Å². The van der Waals surface area contributed by atoms with Crippen molar-refractivity contribution < 1.29 is 14.1 Å². The molecule has 0 radical (unpaired) electrons. The van der Waals surface area contributed by atoms with E-state index >= 15 is 0 Å². The van der Waals surface area contributed by atoms with Crippen molar-refractivity contribution in [1.82, 2.24) is 19.9 Å². The van der Waals surface area contributed by atoms with Crippen molar-refractivity contribution in [3.8, 4) is 17.1 Å². The van der Waals surface area contributed by atoms with E-state index in [9.17, 15) is 4.79 Å². The third-order valence-corrected chi connectivity index (χ3v) is 7.56. The highest BCUT2D eigenvalue weighted by molar-refractivity contribution is 5.79. The zero-order chi connectivity index (χ0) is 22.6. The normalized spacial score (nSPS) is 21.4. The second-order valence-corrected chi connectivity index (χ2v) is 9.54. The number of carbonyl (C=O) groups is 1. The molecule has 3 saturated heterocycles. The van der Waals surface area contributed by atoms with E-state index in [4.69, 9.17) is 9.26 Å². The lowest BCUT2D eigenvalue weighted by atomic mass is 9.93. The predicted octanol–water partition coefficient (Wildman–Crippen LogP) is 3.44. The fourth-order valence-corrected chi connectivity index (χ4v) is 5.51. The zero-order valence-corrected chi connectivity index (χ0v) is 19.6. The summed E-state index contributed by atoms with van der Waals surface area (Å²) in [6, 6.07) is 8.83. The van der Waals surface area contributed by atoms with E-state index in [1.165, 1.54) is 32.4 Å². The molecule has 0 saturated carbocycles. The molecule has 0 spiro atoms. The van der Waals surface area contributed by atoms with Gasteiger partial charge in [0, 0.05) is 43.7 Å². The molecule has 3 aliphatic heterocycles. The van der Waals surface area contributed by atoms with Crippen molar-refractivity contribution in [1.29, 1.82) is 0 Å². The van der Waals surface area contributed by atoms with Crippen molar-refractivity contribution >= 4 is 11.9 Å². The summed E-state index contributed by atoms with van der Waals surface area (Å²) in [5.74, 6) is 1.82. The van der Waals surface area contributed by atoms with Crippen LogP contribution in [0.4, 0.5) is 6.01 Å². The van der Waals surface area contributed by atoms with Crippen LogP contribution in [0.2, 0.25) is 0 Å². The van der Waals surface area contributed by atoms with Gasteiger partial charge in [-0.3, -0.25) is 4.79 Å². The summed E-state index contributed by atoms with van der Waals surface area (Å²) in [6.07, 6.45) is 7.97. The number of carbonyl (C=O) groups excluding carboxylic acids is 1.